The SMILES string of the molecule is CC(C)c1ccccc1O[C@@H](C)C(=O)N(C)Cc1nc(-c2cccs2)no1. The van der Waals surface area contributed by atoms with E-state index < -0.39 is 6.10 Å². The van der Waals surface area contributed by atoms with Gasteiger partial charge in [-0.3, -0.25) is 4.79 Å². The molecule has 7 heteroatoms. The molecule has 1 atom stereocenters. The minimum Gasteiger partial charge on any atom is -0.481 e. The predicted molar refractivity (Wildman–Crippen MR) is 105 cm³/mol. The zero-order valence-electron chi connectivity index (χ0n) is 15.9. The minimum atomic E-state index is -0.616. The highest BCUT2D eigenvalue weighted by molar-refractivity contribution is 7.13. The van der Waals surface area contributed by atoms with Crippen molar-refractivity contribution in [3.8, 4) is 16.5 Å². The number of hydrogen-bond acceptors (Lipinski definition) is 6. The molecule has 1 aromatic carbocycles. The maximum absolute atomic E-state index is 12.7. The highest BCUT2D eigenvalue weighted by atomic mass is 32.1. The molecule has 142 valence electrons. The van der Waals surface area contributed by atoms with Crippen molar-refractivity contribution < 1.29 is 14.1 Å². The third-order valence-corrected chi connectivity index (χ3v) is 5.02. The van der Waals surface area contributed by atoms with E-state index in [0.29, 0.717) is 17.6 Å². The zero-order chi connectivity index (χ0) is 19.4. The van der Waals surface area contributed by atoms with E-state index in [4.69, 9.17) is 9.26 Å². The summed E-state index contributed by atoms with van der Waals surface area (Å²) in [4.78, 5) is 19.5. The van der Waals surface area contributed by atoms with E-state index in [-0.39, 0.29) is 12.5 Å². The molecule has 3 rings (SSSR count). The molecule has 0 radical (unpaired) electrons. The van der Waals surface area contributed by atoms with Crippen LogP contribution in [-0.2, 0) is 11.3 Å². The summed E-state index contributed by atoms with van der Waals surface area (Å²) >= 11 is 1.54. The number of likely N-dealkylation sites (N-methyl/N-ethyl adjacent to an activating group) is 1. The van der Waals surface area contributed by atoms with Crippen LogP contribution in [0.25, 0.3) is 10.7 Å². The van der Waals surface area contributed by atoms with Crippen molar-refractivity contribution in [1.29, 1.82) is 0 Å². The van der Waals surface area contributed by atoms with Gasteiger partial charge in [-0.25, -0.2) is 0 Å². The molecule has 2 heterocycles. The number of ether oxygens (including phenoxy) is 1. The zero-order valence-corrected chi connectivity index (χ0v) is 16.7. The van der Waals surface area contributed by atoms with Gasteiger partial charge in [-0.2, -0.15) is 4.98 Å². The summed E-state index contributed by atoms with van der Waals surface area (Å²) in [6.07, 6.45) is -0.616. The number of benzene rings is 1. The van der Waals surface area contributed by atoms with Crippen LogP contribution >= 0.6 is 11.3 Å². The van der Waals surface area contributed by atoms with Gasteiger partial charge in [0.05, 0.1) is 11.4 Å². The van der Waals surface area contributed by atoms with Gasteiger partial charge in [0.2, 0.25) is 11.7 Å². The number of carbonyl (C=O) groups excluding carboxylic acids is 1. The van der Waals surface area contributed by atoms with Gasteiger partial charge in [-0.05, 0) is 35.9 Å². The Balaban J connectivity index is 1.63. The molecule has 0 unspecified atom stereocenters. The second kappa shape index (κ2) is 8.35. The number of aromatic nitrogens is 2. The Labute approximate surface area is 162 Å². The summed E-state index contributed by atoms with van der Waals surface area (Å²) in [6.45, 7) is 6.18. The maximum Gasteiger partial charge on any atom is 0.263 e. The molecule has 0 aliphatic carbocycles. The summed E-state index contributed by atoms with van der Waals surface area (Å²) in [5.74, 6) is 1.83. The average molecular weight is 385 g/mol. The number of hydrogen-bond donors (Lipinski definition) is 0. The van der Waals surface area contributed by atoms with Gasteiger partial charge in [-0.15, -0.1) is 11.3 Å². The number of carbonyl (C=O) groups is 1. The molecular formula is C20H23N3O3S. The summed E-state index contributed by atoms with van der Waals surface area (Å²) in [7, 11) is 1.70. The lowest BCUT2D eigenvalue weighted by Crippen LogP contribution is -2.37. The molecule has 2 aromatic heterocycles. The molecular weight excluding hydrogens is 362 g/mol. The van der Waals surface area contributed by atoms with Gasteiger partial charge >= 0.3 is 0 Å². The Morgan fingerprint density at radius 3 is 2.70 bits per heavy atom. The van der Waals surface area contributed by atoms with Crippen LogP contribution in [0.5, 0.6) is 5.75 Å². The van der Waals surface area contributed by atoms with Crippen molar-refractivity contribution >= 4 is 17.2 Å². The smallest absolute Gasteiger partial charge is 0.263 e. The van der Waals surface area contributed by atoms with Crippen LogP contribution in [-0.4, -0.2) is 34.1 Å². The summed E-state index contributed by atoms with van der Waals surface area (Å²) < 4.78 is 11.2. The maximum atomic E-state index is 12.7. The molecule has 0 fully saturated rings. The fraction of sp³-hybridized carbons (Fsp3) is 0.350. The van der Waals surface area contributed by atoms with E-state index in [2.05, 4.69) is 24.0 Å². The van der Waals surface area contributed by atoms with E-state index in [1.54, 1.807) is 14.0 Å². The highest BCUT2D eigenvalue weighted by Gasteiger charge is 2.22. The van der Waals surface area contributed by atoms with Gasteiger partial charge in [0.25, 0.3) is 5.91 Å². The summed E-state index contributed by atoms with van der Waals surface area (Å²) in [5, 5.41) is 5.92. The Hall–Kier alpha value is -2.67. The van der Waals surface area contributed by atoms with Crippen molar-refractivity contribution in [3.63, 3.8) is 0 Å². The topological polar surface area (TPSA) is 68.5 Å². The monoisotopic (exact) mass is 385 g/mol. The Morgan fingerprint density at radius 2 is 2.00 bits per heavy atom. The number of para-hydroxylation sites is 1. The second-order valence-electron chi connectivity index (χ2n) is 6.64. The molecule has 0 aliphatic rings. The molecule has 1 amide bonds. The molecule has 0 spiro atoms. The first kappa shape index (κ1) is 19.1. The Bertz CT molecular complexity index is 890. The highest BCUT2D eigenvalue weighted by Crippen LogP contribution is 2.27. The van der Waals surface area contributed by atoms with Crippen molar-refractivity contribution in [2.45, 2.75) is 39.3 Å². The quantitative estimate of drug-likeness (QED) is 0.605. The molecule has 0 saturated carbocycles. The van der Waals surface area contributed by atoms with Gasteiger partial charge in [-0.1, -0.05) is 43.3 Å². The first-order chi connectivity index (χ1) is 13.0. The number of nitrogens with zero attached hydrogens (tertiary/aromatic N) is 3. The van der Waals surface area contributed by atoms with Crippen LogP contribution in [0.4, 0.5) is 0 Å². The minimum absolute atomic E-state index is 0.149. The number of thiophene rings is 1. The normalized spacial score (nSPS) is 12.2. The molecule has 0 bridgehead atoms. The van der Waals surface area contributed by atoms with Gasteiger partial charge < -0.3 is 14.2 Å². The first-order valence-corrected chi connectivity index (χ1v) is 9.70. The average Bonchev–Trinajstić information content (AvgIpc) is 3.32. The standard InChI is InChI=1S/C20H23N3O3S/c1-13(2)15-8-5-6-9-16(15)25-14(3)20(24)23(4)12-18-21-19(22-26-18)17-10-7-11-27-17/h5-11,13-14H,12H2,1-4H3/t14-/m0/s1. The summed E-state index contributed by atoms with van der Waals surface area (Å²) in [5.41, 5.74) is 1.08. The lowest BCUT2D eigenvalue weighted by Gasteiger charge is -2.22. The van der Waals surface area contributed by atoms with Gasteiger partial charge in [0.1, 0.15) is 5.75 Å². The Kier molecular flexibility index (Phi) is 5.91. The third-order valence-electron chi connectivity index (χ3n) is 4.15. The lowest BCUT2D eigenvalue weighted by atomic mass is 10.0. The second-order valence-corrected chi connectivity index (χ2v) is 7.58. The van der Waals surface area contributed by atoms with Crippen molar-refractivity contribution in [1.82, 2.24) is 15.0 Å². The third kappa shape index (κ3) is 4.54. The molecule has 6 nitrogen and oxygen atoms in total. The van der Waals surface area contributed by atoms with Crippen molar-refractivity contribution in [2.75, 3.05) is 7.05 Å². The van der Waals surface area contributed by atoms with Crippen LogP contribution in [0.2, 0.25) is 0 Å². The molecule has 3 aromatic rings. The fourth-order valence-corrected chi connectivity index (χ4v) is 3.37. The molecule has 0 saturated heterocycles. The van der Waals surface area contributed by atoms with E-state index in [1.807, 2.05) is 41.8 Å². The van der Waals surface area contributed by atoms with Crippen LogP contribution in [0.15, 0.2) is 46.3 Å². The molecule has 27 heavy (non-hydrogen) atoms. The van der Waals surface area contributed by atoms with E-state index >= 15 is 0 Å². The molecule has 0 N–H and O–H groups in total. The lowest BCUT2D eigenvalue weighted by molar-refractivity contribution is -0.137. The van der Waals surface area contributed by atoms with Crippen LogP contribution in [0.1, 0.15) is 38.1 Å². The predicted octanol–water partition coefficient (Wildman–Crippen LogP) is 4.35. The van der Waals surface area contributed by atoms with Gasteiger partial charge in [0.15, 0.2) is 6.10 Å². The largest absolute Gasteiger partial charge is 0.481 e. The van der Waals surface area contributed by atoms with Crippen LogP contribution in [0, 0.1) is 0 Å². The van der Waals surface area contributed by atoms with E-state index in [0.717, 1.165) is 16.2 Å². The van der Waals surface area contributed by atoms with Gasteiger partial charge in [0, 0.05) is 7.05 Å². The molecule has 0 aliphatic heterocycles. The number of rotatable bonds is 7. The van der Waals surface area contributed by atoms with E-state index in [9.17, 15) is 4.79 Å². The first-order valence-electron chi connectivity index (χ1n) is 8.82. The number of amides is 1. The van der Waals surface area contributed by atoms with Crippen LogP contribution in [0.3, 0.4) is 0 Å². The summed E-state index contributed by atoms with van der Waals surface area (Å²) in [6, 6.07) is 11.7. The van der Waals surface area contributed by atoms with Crippen molar-refractivity contribution in [3.05, 3.63) is 53.2 Å². The fourth-order valence-electron chi connectivity index (χ4n) is 2.72. The van der Waals surface area contributed by atoms with E-state index in [1.165, 1.54) is 16.2 Å². The van der Waals surface area contributed by atoms with Crippen LogP contribution < -0.4 is 4.74 Å². The van der Waals surface area contributed by atoms with Crippen molar-refractivity contribution in [2.24, 2.45) is 0 Å². The Morgan fingerprint density at radius 1 is 1.22 bits per heavy atom.